The van der Waals surface area contributed by atoms with Gasteiger partial charge in [0.15, 0.2) is 0 Å². The zero-order valence-corrected chi connectivity index (χ0v) is 9.47. The third kappa shape index (κ3) is 3.69. The van der Waals surface area contributed by atoms with Gasteiger partial charge in [0.1, 0.15) is 0 Å². The molecule has 0 unspecified atom stereocenters. The zero-order chi connectivity index (χ0) is 8.10. The summed E-state index contributed by atoms with van der Waals surface area (Å²) < 4.78 is 0. The second kappa shape index (κ2) is 7.25. The van der Waals surface area contributed by atoms with Crippen LogP contribution in [-0.2, 0) is 0 Å². The summed E-state index contributed by atoms with van der Waals surface area (Å²) in [6.07, 6.45) is 3.99. The van der Waals surface area contributed by atoms with Crippen molar-refractivity contribution in [2.45, 2.75) is 25.3 Å². The standard InChI is InChI=1S/C8H15Cl2N.ClH/c9-6-8(7-10)11-4-2-1-3-5-11;/h8H,1-7H2;1H. The highest BCUT2D eigenvalue weighted by molar-refractivity contribution is 6.21. The molecule has 0 aromatic carbocycles. The normalized spacial score (nSPS) is 19.2. The second-order valence-electron chi connectivity index (χ2n) is 3.06. The van der Waals surface area contributed by atoms with Gasteiger partial charge in [0, 0.05) is 17.8 Å². The molecule has 1 rings (SSSR count). The fourth-order valence-corrected chi connectivity index (χ4v) is 2.24. The van der Waals surface area contributed by atoms with Crippen molar-refractivity contribution in [1.29, 1.82) is 0 Å². The predicted molar refractivity (Wildman–Crippen MR) is 57.9 cm³/mol. The lowest BCUT2D eigenvalue weighted by molar-refractivity contribution is 0.189. The van der Waals surface area contributed by atoms with E-state index in [1.165, 1.54) is 32.4 Å². The van der Waals surface area contributed by atoms with Crippen molar-refractivity contribution in [3.05, 3.63) is 0 Å². The Morgan fingerprint density at radius 2 is 1.50 bits per heavy atom. The highest BCUT2D eigenvalue weighted by atomic mass is 35.5. The molecule has 74 valence electrons. The first kappa shape index (κ1) is 12.8. The lowest BCUT2D eigenvalue weighted by Gasteiger charge is -2.32. The Hall–Kier alpha value is 0.830. The quantitative estimate of drug-likeness (QED) is 0.677. The van der Waals surface area contributed by atoms with Crippen molar-refractivity contribution in [3.8, 4) is 0 Å². The zero-order valence-electron chi connectivity index (χ0n) is 7.14. The van der Waals surface area contributed by atoms with Gasteiger partial charge >= 0.3 is 0 Å². The van der Waals surface area contributed by atoms with E-state index in [9.17, 15) is 0 Å². The van der Waals surface area contributed by atoms with Crippen LogP contribution in [-0.4, -0.2) is 35.8 Å². The highest BCUT2D eigenvalue weighted by Gasteiger charge is 2.18. The number of rotatable bonds is 3. The van der Waals surface area contributed by atoms with Gasteiger partial charge in [-0.15, -0.1) is 35.6 Å². The van der Waals surface area contributed by atoms with Gasteiger partial charge in [0.2, 0.25) is 0 Å². The van der Waals surface area contributed by atoms with Gasteiger partial charge in [-0.3, -0.25) is 4.90 Å². The summed E-state index contributed by atoms with van der Waals surface area (Å²) in [5.74, 6) is 1.34. The maximum Gasteiger partial charge on any atom is 0.0391 e. The Bertz CT molecular complexity index is 100. The van der Waals surface area contributed by atoms with Crippen LogP contribution in [0.5, 0.6) is 0 Å². The number of hydrogen-bond acceptors (Lipinski definition) is 1. The van der Waals surface area contributed by atoms with E-state index < -0.39 is 0 Å². The number of likely N-dealkylation sites (tertiary alicyclic amines) is 1. The maximum atomic E-state index is 5.77. The van der Waals surface area contributed by atoms with Crippen LogP contribution >= 0.6 is 35.6 Å². The van der Waals surface area contributed by atoms with Gasteiger partial charge in [-0.1, -0.05) is 6.42 Å². The van der Waals surface area contributed by atoms with Crippen LogP contribution in [0.1, 0.15) is 19.3 Å². The molecule has 1 nitrogen and oxygen atoms in total. The molecule has 0 atom stereocenters. The van der Waals surface area contributed by atoms with Crippen LogP contribution in [0.15, 0.2) is 0 Å². The van der Waals surface area contributed by atoms with Crippen LogP contribution in [0.25, 0.3) is 0 Å². The van der Waals surface area contributed by atoms with Crippen LogP contribution in [0.4, 0.5) is 0 Å². The summed E-state index contributed by atoms with van der Waals surface area (Å²) in [4.78, 5) is 2.41. The molecule has 0 aliphatic carbocycles. The number of piperidine rings is 1. The van der Waals surface area contributed by atoms with E-state index in [1.54, 1.807) is 0 Å². The monoisotopic (exact) mass is 231 g/mol. The van der Waals surface area contributed by atoms with E-state index in [0.717, 1.165) is 0 Å². The number of alkyl halides is 2. The summed E-state index contributed by atoms with van der Waals surface area (Å²) in [6.45, 7) is 2.37. The molecule has 1 aliphatic rings. The van der Waals surface area contributed by atoms with Gasteiger partial charge in [0.25, 0.3) is 0 Å². The second-order valence-corrected chi connectivity index (χ2v) is 3.68. The van der Waals surface area contributed by atoms with Crippen molar-refractivity contribution in [1.82, 2.24) is 4.90 Å². The van der Waals surface area contributed by atoms with Crippen LogP contribution in [0.2, 0.25) is 0 Å². The molecule has 0 amide bonds. The van der Waals surface area contributed by atoms with Crippen molar-refractivity contribution in [2.75, 3.05) is 24.8 Å². The summed E-state index contributed by atoms with van der Waals surface area (Å²) >= 11 is 11.5. The summed E-state index contributed by atoms with van der Waals surface area (Å²) in [5, 5.41) is 0. The number of halogens is 3. The van der Waals surface area contributed by atoms with Gasteiger partial charge in [-0.25, -0.2) is 0 Å². The predicted octanol–water partition coefficient (Wildman–Crippen LogP) is 2.74. The third-order valence-corrected chi connectivity index (χ3v) is 2.98. The molecule has 1 heterocycles. The summed E-state index contributed by atoms with van der Waals surface area (Å²) in [7, 11) is 0. The largest absolute Gasteiger partial charge is 0.298 e. The molecule has 0 radical (unpaired) electrons. The Kier molecular flexibility index (Phi) is 7.76. The Labute approximate surface area is 90.8 Å². The molecule has 0 bridgehead atoms. The number of hydrogen-bond donors (Lipinski definition) is 0. The van der Waals surface area contributed by atoms with Crippen LogP contribution in [0, 0.1) is 0 Å². The lowest BCUT2D eigenvalue weighted by Crippen LogP contribution is -2.41. The Morgan fingerprint density at radius 3 is 1.92 bits per heavy atom. The topological polar surface area (TPSA) is 3.24 Å². The van der Waals surface area contributed by atoms with Gasteiger partial charge in [0.05, 0.1) is 0 Å². The first-order valence-electron chi connectivity index (χ1n) is 4.24. The fraction of sp³-hybridized carbons (Fsp3) is 1.00. The minimum Gasteiger partial charge on any atom is -0.298 e. The van der Waals surface area contributed by atoms with E-state index in [1.807, 2.05) is 0 Å². The molecule has 0 aromatic heterocycles. The SMILES string of the molecule is Cl.ClCC(CCl)N1CCCCC1. The molecule has 12 heavy (non-hydrogen) atoms. The van der Waals surface area contributed by atoms with E-state index in [4.69, 9.17) is 23.2 Å². The molecule has 0 N–H and O–H groups in total. The Balaban J connectivity index is 0.00000121. The molecule has 0 saturated carbocycles. The van der Waals surface area contributed by atoms with E-state index in [-0.39, 0.29) is 12.4 Å². The highest BCUT2D eigenvalue weighted by Crippen LogP contribution is 2.13. The first-order valence-corrected chi connectivity index (χ1v) is 5.31. The minimum absolute atomic E-state index is 0. The Morgan fingerprint density at radius 1 is 1.00 bits per heavy atom. The van der Waals surface area contributed by atoms with E-state index in [2.05, 4.69) is 4.90 Å². The van der Waals surface area contributed by atoms with Crippen molar-refractivity contribution >= 4 is 35.6 Å². The molecule has 0 aromatic rings. The molecule has 1 saturated heterocycles. The van der Waals surface area contributed by atoms with Crippen LogP contribution in [0.3, 0.4) is 0 Å². The van der Waals surface area contributed by atoms with Gasteiger partial charge in [-0.2, -0.15) is 0 Å². The van der Waals surface area contributed by atoms with Gasteiger partial charge in [-0.05, 0) is 25.9 Å². The fourth-order valence-electron chi connectivity index (χ4n) is 1.52. The van der Waals surface area contributed by atoms with E-state index in [0.29, 0.717) is 17.8 Å². The summed E-state index contributed by atoms with van der Waals surface area (Å²) in [6, 6.07) is 0.402. The molecule has 1 fully saturated rings. The minimum atomic E-state index is 0. The lowest BCUT2D eigenvalue weighted by atomic mass is 10.1. The molecular formula is C8H16Cl3N. The number of nitrogens with zero attached hydrogens (tertiary/aromatic N) is 1. The maximum absolute atomic E-state index is 5.77. The molecular weight excluding hydrogens is 216 g/mol. The first-order chi connectivity index (χ1) is 5.38. The molecule has 4 heteroatoms. The van der Waals surface area contributed by atoms with Gasteiger partial charge < -0.3 is 0 Å². The molecule has 1 aliphatic heterocycles. The summed E-state index contributed by atoms with van der Waals surface area (Å²) in [5.41, 5.74) is 0. The van der Waals surface area contributed by atoms with Crippen molar-refractivity contribution in [2.24, 2.45) is 0 Å². The third-order valence-electron chi connectivity index (χ3n) is 2.26. The average Bonchev–Trinajstić information content (AvgIpc) is 2.09. The van der Waals surface area contributed by atoms with Crippen molar-refractivity contribution in [3.63, 3.8) is 0 Å². The smallest absolute Gasteiger partial charge is 0.0391 e. The van der Waals surface area contributed by atoms with Crippen LogP contribution < -0.4 is 0 Å². The van der Waals surface area contributed by atoms with Crippen molar-refractivity contribution < 1.29 is 0 Å². The molecule has 0 spiro atoms. The average molecular weight is 233 g/mol. The van der Waals surface area contributed by atoms with E-state index >= 15 is 0 Å².